The predicted octanol–water partition coefficient (Wildman–Crippen LogP) is 14.4. The highest BCUT2D eigenvalue weighted by Crippen LogP contribution is 2.48. The Morgan fingerprint density at radius 1 is 0.414 bits per heavy atom. The minimum atomic E-state index is 0.0992. The summed E-state index contributed by atoms with van der Waals surface area (Å²) in [5, 5.41) is 5.17. The van der Waals surface area contributed by atoms with Crippen molar-refractivity contribution in [2.75, 3.05) is 0 Å². The fourth-order valence-electron chi connectivity index (χ4n) is 9.16. The average molecular weight is 767 g/mol. The molecule has 3 heterocycles. The SMILES string of the molecule is CC1(C)CCC(C)(C)c2cc3c(cc21)c1ccccc1n3-c1cccc(-c2nc(-c3ccccc3)nc(-c3ccc(-c4ccc5sc6ccccc6c5c4)cc3)n2)c1. The van der Waals surface area contributed by atoms with Gasteiger partial charge in [-0.15, -0.1) is 11.3 Å². The van der Waals surface area contributed by atoms with Gasteiger partial charge >= 0.3 is 0 Å². The number of fused-ring (bicyclic) bond motifs is 7. The van der Waals surface area contributed by atoms with E-state index in [0.29, 0.717) is 17.5 Å². The van der Waals surface area contributed by atoms with E-state index in [4.69, 9.17) is 15.0 Å². The van der Waals surface area contributed by atoms with Gasteiger partial charge in [-0.2, -0.15) is 0 Å². The third kappa shape index (κ3) is 5.67. The monoisotopic (exact) mass is 766 g/mol. The summed E-state index contributed by atoms with van der Waals surface area (Å²) in [6.07, 6.45) is 2.36. The fraction of sp³-hybridized carbons (Fsp3) is 0.151. The third-order valence-corrected chi connectivity index (χ3v) is 13.7. The predicted molar refractivity (Wildman–Crippen MR) is 244 cm³/mol. The number of rotatable bonds is 5. The van der Waals surface area contributed by atoms with Crippen LogP contribution in [0.4, 0.5) is 0 Å². The van der Waals surface area contributed by atoms with E-state index in [1.54, 1.807) is 0 Å². The lowest BCUT2D eigenvalue weighted by Gasteiger charge is -2.42. The second-order valence-corrected chi connectivity index (χ2v) is 18.2. The van der Waals surface area contributed by atoms with Crippen LogP contribution < -0.4 is 0 Å². The van der Waals surface area contributed by atoms with Gasteiger partial charge in [0.2, 0.25) is 0 Å². The summed E-state index contributed by atoms with van der Waals surface area (Å²) in [6.45, 7) is 9.62. The van der Waals surface area contributed by atoms with Crippen LogP contribution in [-0.4, -0.2) is 19.5 Å². The van der Waals surface area contributed by atoms with E-state index in [9.17, 15) is 0 Å². The Morgan fingerprint density at radius 3 is 1.74 bits per heavy atom. The quantitative estimate of drug-likeness (QED) is 0.175. The molecule has 58 heavy (non-hydrogen) atoms. The number of hydrogen-bond donors (Lipinski definition) is 0. The van der Waals surface area contributed by atoms with Gasteiger partial charge in [-0.3, -0.25) is 0 Å². The highest BCUT2D eigenvalue weighted by Gasteiger charge is 2.38. The van der Waals surface area contributed by atoms with Crippen molar-refractivity contribution < 1.29 is 0 Å². The maximum Gasteiger partial charge on any atom is 0.164 e. The first-order valence-electron chi connectivity index (χ1n) is 20.2. The molecular weight excluding hydrogens is 725 g/mol. The van der Waals surface area contributed by atoms with Crippen molar-refractivity contribution >= 4 is 53.3 Å². The van der Waals surface area contributed by atoms with Gasteiger partial charge in [0.05, 0.1) is 11.0 Å². The Balaban J connectivity index is 1.03. The Bertz CT molecular complexity index is 3220. The van der Waals surface area contributed by atoms with Crippen LogP contribution in [0.5, 0.6) is 0 Å². The van der Waals surface area contributed by atoms with Crippen LogP contribution in [0.3, 0.4) is 0 Å². The van der Waals surface area contributed by atoms with Crippen LogP contribution in [0.1, 0.15) is 51.7 Å². The molecule has 5 heteroatoms. The lowest BCUT2D eigenvalue weighted by atomic mass is 9.63. The van der Waals surface area contributed by atoms with E-state index in [1.807, 2.05) is 29.5 Å². The number of thiophene rings is 1. The summed E-state index contributed by atoms with van der Waals surface area (Å²) in [6, 6.07) is 56.8. The first kappa shape index (κ1) is 34.8. The first-order valence-corrected chi connectivity index (χ1v) is 21.0. The van der Waals surface area contributed by atoms with Crippen molar-refractivity contribution in [1.29, 1.82) is 0 Å². The Hall–Kier alpha value is -6.43. The molecular formula is C53H42N4S. The van der Waals surface area contributed by atoms with E-state index >= 15 is 0 Å². The van der Waals surface area contributed by atoms with Gasteiger partial charge < -0.3 is 4.57 Å². The van der Waals surface area contributed by atoms with Crippen molar-refractivity contribution in [2.24, 2.45) is 0 Å². The minimum absolute atomic E-state index is 0.0992. The zero-order valence-electron chi connectivity index (χ0n) is 33.1. The normalized spacial score (nSPS) is 14.7. The van der Waals surface area contributed by atoms with Crippen LogP contribution in [0.2, 0.25) is 0 Å². The molecule has 0 amide bonds. The maximum absolute atomic E-state index is 5.18. The van der Waals surface area contributed by atoms with Crippen LogP contribution >= 0.6 is 11.3 Å². The van der Waals surface area contributed by atoms with Crippen molar-refractivity contribution in [3.63, 3.8) is 0 Å². The van der Waals surface area contributed by atoms with Crippen LogP contribution in [0.25, 0.3) is 93.0 Å². The molecule has 0 spiro atoms. The molecule has 280 valence electrons. The maximum atomic E-state index is 5.18. The molecule has 3 aromatic heterocycles. The molecule has 0 bridgehead atoms. The summed E-state index contributed by atoms with van der Waals surface area (Å²) >= 11 is 1.85. The van der Waals surface area contributed by atoms with Gasteiger partial charge in [0.25, 0.3) is 0 Å². The van der Waals surface area contributed by atoms with Crippen LogP contribution in [0.15, 0.2) is 158 Å². The molecule has 1 aliphatic rings. The van der Waals surface area contributed by atoms with Crippen molar-refractivity contribution in [3.05, 3.63) is 169 Å². The van der Waals surface area contributed by atoms with E-state index < -0.39 is 0 Å². The molecule has 11 rings (SSSR count). The standard InChI is InChI=1S/C53H42N4S/c1-52(2)27-28-53(3,4)44-32-46-41(31-43(44)52)39-17-8-10-19-45(39)57(46)38-16-12-15-37(29-38)51-55-49(34-13-6-5-7-14-34)54-50(56-51)35-23-21-33(22-24-35)36-25-26-48-42(30-36)40-18-9-11-20-47(40)58-48/h5-26,29-32H,27-28H2,1-4H3. The topological polar surface area (TPSA) is 43.6 Å². The number of aromatic nitrogens is 4. The minimum Gasteiger partial charge on any atom is -0.309 e. The summed E-state index contributed by atoms with van der Waals surface area (Å²) in [7, 11) is 0. The van der Waals surface area contributed by atoms with Gasteiger partial charge in [-0.1, -0.05) is 137 Å². The zero-order valence-corrected chi connectivity index (χ0v) is 33.9. The van der Waals surface area contributed by atoms with Gasteiger partial charge in [-0.25, -0.2) is 15.0 Å². The van der Waals surface area contributed by atoms with E-state index in [2.05, 4.69) is 172 Å². The number of hydrogen-bond acceptors (Lipinski definition) is 4. The summed E-state index contributed by atoms with van der Waals surface area (Å²) in [5.74, 6) is 1.94. The van der Waals surface area contributed by atoms with Crippen molar-refractivity contribution in [2.45, 2.75) is 51.4 Å². The molecule has 0 saturated heterocycles. The molecule has 0 N–H and O–H groups in total. The van der Waals surface area contributed by atoms with E-state index in [-0.39, 0.29) is 10.8 Å². The molecule has 0 aliphatic heterocycles. The average Bonchev–Trinajstić information content (AvgIpc) is 3.80. The molecule has 0 fully saturated rings. The van der Waals surface area contributed by atoms with Crippen molar-refractivity contribution in [1.82, 2.24) is 19.5 Å². The van der Waals surface area contributed by atoms with E-state index in [1.165, 1.54) is 71.5 Å². The summed E-state index contributed by atoms with van der Waals surface area (Å²) in [5.41, 5.74) is 11.9. The van der Waals surface area contributed by atoms with Gasteiger partial charge in [-0.05, 0) is 94.5 Å². The van der Waals surface area contributed by atoms with Gasteiger partial charge in [0.15, 0.2) is 17.5 Å². The lowest BCUT2D eigenvalue weighted by molar-refractivity contribution is 0.332. The Labute approximate surface area is 342 Å². The summed E-state index contributed by atoms with van der Waals surface area (Å²) in [4.78, 5) is 15.4. The highest BCUT2D eigenvalue weighted by molar-refractivity contribution is 7.25. The first-order chi connectivity index (χ1) is 28.2. The molecule has 1 aliphatic carbocycles. The van der Waals surface area contributed by atoms with Crippen LogP contribution in [-0.2, 0) is 10.8 Å². The number of nitrogens with zero attached hydrogens (tertiary/aromatic N) is 4. The third-order valence-electron chi connectivity index (χ3n) is 12.5. The second kappa shape index (κ2) is 13.1. The molecule has 0 unspecified atom stereocenters. The van der Waals surface area contributed by atoms with E-state index in [0.717, 1.165) is 27.9 Å². The largest absolute Gasteiger partial charge is 0.309 e. The zero-order chi connectivity index (χ0) is 39.2. The molecule has 10 aromatic rings. The molecule has 7 aromatic carbocycles. The Morgan fingerprint density at radius 2 is 0.983 bits per heavy atom. The van der Waals surface area contributed by atoms with Gasteiger partial charge in [0.1, 0.15) is 0 Å². The number of para-hydroxylation sites is 1. The summed E-state index contributed by atoms with van der Waals surface area (Å²) < 4.78 is 5.06. The molecule has 4 nitrogen and oxygen atoms in total. The fourth-order valence-corrected chi connectivity index (χ4v) is 10.2. The smallest absolute Gasteiger partial charge is 0.164 e. The van der Waals surface area contributed by atoms with Gasteiger partial charge in [0, 0.05) is 53.3 Å². The lowest BCUT2D eigenvalue weighted by Crippen LogP contribution is -2.33. The number of benzene rings is 7. The van der Waals surface area contributed by atoms with Crippen molar-refractivity contribution in [3.8, 4) is 51.0 Å². The molecule has 0 atom stereocenters. The second-order valence-electron chi connectivity index (χ2n) is 17.1. The Kier molecular flexibility index (Phi) is 7.83. The molecule has 0 radical (unpaired) electrons. The highest BCUT2D eigenvalue weighted by atomic mass is 32.1. The van der Waals surface area contributed by atoms with Crippen LogP contribution in [0, 0.1) is 0 Å². The molecule has 0 saturated carbocycles.